The number of alkyl halides is 3. The largest absolute Gasteiger partial charge is 0.507 e. The molecule has 2 aromatic rings. The molecular formula is C16H10ClF3N4O2. The minimum atomic E-state index is -4.68. The number of rotatable bonds is 2. The molecule has 0 aliphatic rings. The first kappa shape index (κ1) is 19.1. The third-order valence-electron chi connectivity index (χ3n) is 3.29. The second kappa shape index (κ2) is 6.93. The number of phenols is 1. The Bertz CT molecular complexity index is 961. The third kappa shape index (κ3) is 3.70. The van der Waals surface area contributed by atoms with Gasteiger partial charge in [0.15, 0.2) is 11.6 Å². The molecule has 0 bridgehead atoms. The van der Waals surface area contributed by atoms with Crippen LogP contribution in [0.25, 0.3) is 16.0 Å². The Labute approximate surface area is 150 Å². The average molecular weight is 383 g/mol. The maximum atomic E-state index is 13.0. The van der Waals surface area contributed by atoms with E-state index in [1.165, 1.54) is 0 Å². The molecule has 0 aliphatic carbocycles. The molecule has 1 amide bonds. The molecule has 0 saturated carbocycles. The normalized spacial score (nSPS) is 10.9. The SMILES string of the molecule is [C-]#[N+]c1ccc(O)c(C(=O)N=C(N)N)c1-c1cc(C(F)(F)F)ccc1Cl. The van der Waals surface area contributed by atoms with Crippen LogP contribution in [0.1, 0.15) is 15.9 Å². The lowest BCUT2D eigenvalue weighted by molar-refractivity contribution is -0.137. The molecule has 6 nitrogen and oxygen atoms in total. The van der Waals surface area contributed by atoms with E-state index in [1.54, 1.807) is 0 Å². The summed E-state index contributed by atoms with van der Waals surface area (Å²) < 4.78 is 39.1. The zero-order chi connectivity index (χ0) is 19.6. The van der Waals surface area contributed by atoms with Gasteiger partial charge in [-0.15, -0.1) is 0 Å². The first-order chi connectivity index (χ1) is 12.1. The average Bonchev–Trinajstić information content (AvgIpc) is 2.53. The van der Waals surface area contributed by atoms with Crippen LogP contribution in [0.15, 0.2) is 35.3 Å². The Morgan fingerprint density at radius 2 is 1.88 bits per heavy atom. The minimum Gasteiger partial charge on any atom is -0.507 e. The van der Waals surface area contributed by atoms with Crippen molar-refractivity contribution in [2.75, 3.05) is 0 Å². The number of hydrogen-bond acceptors (Lipinski definition) is 2. The zero-order valence-electron chi connectivity index (χ0n) is 12.8. The molecule has 0 heterocycles. The molecule has 134 valence electrons. The fourth-order valence-electron chi connectivity index (χ4n) is 2.23. The molecule has 26 heavy (non-hydrogen) atoms. The van der Waals surface area contributed by atoms with Crippen molar-refractivity contribution in [2.45, 2.75) is 6.18 Å². The molecule has 0 spiro atoms. The maximum absolute atomic E-state index is 13.0. The fourth-order valence-corrected chi connectivity index (χ4v) is 2.44. The number of carbonyl (C=O) groups is 1. The van der Waals surface area contributed by atoms with Gasteiger partial charge in [-0.1, -0.05) is 17.7 Å². The van der Waals surface area contributed by atoms with Crippen LogP contribution in [-0.2, 0) is 6.18 Å². The summed E-state index contributed by atoms with van der Waals surface area (Å²) in [6.45, 7) is 7.21. The fraction of sp³-hybridized carbons (Fsp3) is 0.0625. The third-order valence-corrected chi connectivity index (χ3v) is 3.62. The van der Waals surface area contributed by atoms with Crippen molar-refractivity contribution in [3.63, 3.8) is 0 Å². The smallest absolute Gasteiger partial charge is 0.416 e. The first-order valence-electron chi connectivity index (χ1n) is 6.80. The number of hydrogen-bond donors (Lipinski definition) is 3. The Kier molecular flexibility index (Phi) is 5.09. The zero-order valence-corrected chi connectivity index (χ0v) is 13.6. The number of aromatic hydroxyl groups is 1. The number of amides is 1. The monoisotopic (exact) mass is 382 g/mol. The Hall–Kier alpha value is -3.25. The quantitative estimate of drug-likeness (QED) is 0.418. The van der Waals surface area contributed by atoms with E-state index >= 15 is 0 Å². The summed E-state index contributed by atoms with van der Waals surface area (Å²) >= 11 is 6.00. The summed E-state index contributed by atoms with van der Waals surface area (Å²) in [5.74, 6) is -2.36. The topological polar surface area (TPSA) is 106 Å². The van der Waals surface area contributed by atoms with Gasteiger partial charge in [0.1, 0.15) is 5.75 Å². The highest BCUT2D eigenvalue weighted by Gasteiger charge is 2.32. The number of halogens is 4. The van der Waals surface area contributed by atoms with Crippen LogP contribution in [0.3, 0.4) is 0 Å². The van der Waals surface area contributed by atoms with Crippen LogP contribution in [0.5, 0.6) is 5.75 Å². The highest BCUT2D eigenvalue weighted by molar-refractivity contribution is 6.34. The van der Waals surface area contributed by atoms with Gasteiger partial charge >= 0.3 is 6.18 Å². The standard InChI is InChI=1S/C16H10ClF3N4O2/c1-23-10-4-5-11(25)13(14(26)24-15(21)22)12(10)8-6-7(16(18,19)20)2-3-9(8)17/h2-6,25H,(H4,21,22,24,26). The van der Waals surface area contributed by atoms with Gasteiger partial charge in [0.25, 0.3) is 5.91 Å². The van der Waals surface area contributed by atoms with Gasteiger partial charge in [-0.25, -0.2) is 4.85 Å². The molecule has 0 atom stereocenters. The number of phenolic OH excluding ortho intramolecular Hbond substituents is 1. The Morgan fingerprint density at radius 1 is 1.23 bits per heavy atom. The molecular weight excluding hydrogens is 373 g/mol. The highest BCUT2D eigenvalue weighted by atomic mass is 35.5. The number of nitrogens with zero attached hydrogens (tertiary/aromatic N) is 2. The van der Waals surface area contributed by atoms with E-state index in [4.69, 9.17) is 29.6 Å². The highest BCUT2D eigenvalue weighted by Crippen LogP contribution is 2.43. The van der Waals surface area contributed by atoms with Crippen molar-refractivity contribution in [1.29, 1.82) is 0 Å². The van der Waals surface area contributed by atoms with Gasteiger partial charge in [-0.2, -0.15) is 18.2 Å². The van der Waals surface area contributed by atoms with E-state index in [1.807, 2.05) is 0 Å². The summed E-state index contributed by atoms with van der Waals surface area (Å²) in [7, 11) is 0. The van der Waals surface area contributed by atoms with Crippen molar-refractivity contribution in [3.8, 4) is 16.9 Å². The Balaban J connectivity index is 2.90. The van der Waals surface area contributed by atoms with E-state index in [9.17, 15) is 23.1 Å². The molecule has 0 radical (unpaired) electrons. The van der Waals surface area contributed by atoms with E-state index in [0.717, 1.165) is 24.3 Å². The number of aliphatic imine (C=N–C) groups is 1. The van der Waals surface area contributed by atoms with Crippen LogP contribution < -0.4 is 11.5 Å². The minimum absolute atomic E-state index is 0.160. The van der Waals surface area contributed by atoms with Crippen LogP contribution >= 0.6 is 11.6 Å². The Morgan fingerprint density at radius 3 is 2.42 bits per heavy atom. The summed E-state index contributed by atoms with van der Waals surface area (Å²) in [6, 6.07) is 4.59. The summed E-state index contributed by atoms with van der Waals surface area (Å²) in [5.41, 5.74) is 7.93. The molecule has 0 aromatic heterocycles. The van der Waals surface area contributed by atoms with Crippen molar-refractivity contribution in [1.82, 2.24) is 0 Å². The van der Waals surface area contributed by atoms with E-state index < -0.39 is 34.9 Å². The summed E-state index contributed by atoms with van der Waals surface area (Å²) in [5, 5.41) is 9.88. The van der Waals surface area contributed by atoms with Crippen LogP contribution in [0.4, 0.5) is 18.9 Å². The van der Waals surface area contributed by atoms with Crippen LogP contribution in [-0.4, -0.2) is 17.0 Å². The lowest BCUT2D eigenvalue weighted by atomic mass is 9.95. The second-order valence-electron chi connectivity index (χ2n) is 5.00. The molecule has 0 saturated heterocycles. The lowest BCUT2D eigenvalue weighted by Crippen LogP contribution is -2.24. The maximum Gasteiger partial charge on any atom is 0.416 e. The molecule has 0 unspecified atom stereocenters. The lowest BCUT2D eigenvalue weighted by Gasteiger charge is -2.15. The van der Waals surface area contributed by atoms with Gasteiger partial charge in [0, 0.05) is 10.6 Å². The predicted molar refractivity (Wildman–Crippen MR) is 90.0 cm³/mol. The number of guanidine groups is 1. The summed E-state index contributed by atoms with van der Waals surface area (Å²) in [6.07, 6.45) is -4.68. The van der Waals surface area contributed by atoms with Crippen LogP contribution in [0, 0.1) is 6.57 Å². The summed E-state index contributed by atoms with van der Waals surface area (Å²) in [4.78, 5) is 18.7. The molecule has 2 aromatic carbocycles. The van der Waals surface area contributed by atoms with Crippen molar-refractivity contribution < 1.29 is 23.1 Å². The molecule has 0 aliphatic heterocycles. The number of benzene rings is 2. The predicted octanol–water partition coefficient (Wildman–Crippen LogP) is 3.70. The first-order valence-corrected chi connectivity index (χ1v) is 7.18. The van der Waals surface area contributed by atoms with Crippen molar-refractivity contribution in [3.05, 3.63) is 57.9 Å². The van der Waals surface area contributed by atoms with E-state index in [2.05, 4.69) is 9.84 Å². The van der Waals surface area contributed by atoms with Gasteiger partial charge in [-0.05, 0) is 29.8 Å². The number of nitrogens with two attached hydrogens (primary N) is 2. The van der Waals surface area contributed by atoms with Gasteiger partial charge in [0.2, 0.25) is 0 Å². The molecule has 10 heteroatoms. The van der Waals surface area contributed by atoms with Crippen LogP contribution in [0.2, 0.25) is 5.02 Å². The van der Waals surface area contributed by atoms with Gasteiger partial charge in [-0.3, -0.25) is 4.79 Å². The molecule has 5 N–H and O–H groups in total. The number of carbonyl (C=O) groups excluding carboxylic acids is 1. The van der Waals surface area contributed by atoms with Crippen molar-refractivity contribution in [2.24, 2.45) is 16.5 Å². The van der Waals surface area contributed by atoms with E-state index in [-0.39, 0.29) is 21.8 Å². The van der Waals surface area contributed by atoms with Gasteiger partial charge < -0.3 is 16.6 Å². The van der Waals surface area contributed by atoms with Gasteiger partial charge in [0.05, 0.1) is 17.7 Å². The van der Waals surface area contributed by atoms with E-state index in [0.29, 0.717) is 6.07 Å². The van der Waals surface area contributed by atoms with Crippen molar-refractivity contribution >= 4 is 29.2 Å². The molecule has 2 rings (SSSR count). The second-order valence-corrected chi connectivity index (χ2v) is 5.41. The molecule has 0 fully saturated rings.